The van der Waals surface area contributed by atoms with Gasteiger partial charge in [0.1, 0.15) is 0 Å². The van der Waals surface area contributed by atoms with Crippen LogP contribution in [-0.4, -0.2) is 43.9 Å². The molecule has 0 aliphatic carbocycles. The summed E-state index contributed by atoms with van der Waals surface area (Å²) in [5.41, 5.74) is 1.89. The molecule has 0 aromatic heterocycles. The Balaban J connectivity index is 1.37. The fourth-order valence-corrected chi connectivity index (χ4v) is 4.79. The summed E-state index contributed by atoms with van der Waals surface area (Å²) in [4.78, 5) is 15.8. The van der Waals surface area contributed by atoms with Gasteiger partial charge in [0.2, 0.25) is 12.7 Å². The predicted octanol–water partition coefficient (Wildman–Crippen LogP) is 3.48. The zero-order valence-electron chi connectivity index (χ0n) is 15.9. The number of hydrogen-bond donors (Lipinski definition) is 0. The van der Waals surface area contributed by atoms with Crippen LogP contribution in [0.3, 0.4) is 0 Å². The molecule has 2 aromatic rings. The highest BCUT2D eigenvalue weighted by atomic mass is 16.7. The Morgan fingerprint density at radius 2 is 1.79 bits per heavy atom. The van der Waals surface area contributed by atoms with Crippen LogP contribution < -0.4 is 9.47 Å². The van der Waals surface area contributed by atoms with Gasteiger partial charge in [-0.2, -0.15) is 0 Å². The van der Waals surface area contributed by atoms with Crippen LogP contribution in [0.25, 0.3) is 0 Å². The van der Waals surface area contributed by atoms with Crippen molar-refractivity contribution in [2.45, 2.75) is 30.6 Å². The van der Waals surface area contributed by atoms with Crippen LogP contribution in [0.1, 0.15) is 36.3 Å². The summed E-state index contributed by atoms with van der Waals surface area (Å²) < 4.78 is 16.5. The van der Waals surface area contributed by atoms with E-state index in [-0.39, 0.29) is 12.7 Å². The Labute approximate surface area is 165 Å². The first kappa shape index (κ1) is 17.6. The first-order valence-corrected chi connectivity index (χ1v) is 10.1. The van der Waals surface area contributed by atoms with E-state index in [0.717, 1.165) is 49.4 Å². The number of rotatable bonds is 3. The molecular weight excluding hydrogens is 354 g/mol. The Kier molecular flexibility index (Phi) is 4.47. The van der Waals surface area contributed by atoms with Gasteiger partial charge in [-0.25, -0.2) is 0 Å². The third-order valence-electron chi connectivity index (χ3n) is 6.43. The lowest BCUT2D eigenvalue weighted by atomic mass is 9.73. The second-order valence-electron chi connectivity index (χ2n) is 7.91. The van der Waals surface area contributed by atoms with E-state index < -0.39 is 5.41 Å². The van der Waals surface area contributed by atoms with Crippen LogP contribution in [0.15, 0.2) is 48.5 Å². The summed E-state index contributed by atoms with van der Waals surface area (Å²) in [6, 6.07) is 16.4. The molecule has 1 amide bonds. The quantitative estimate of drug-likeness (QED) is 0.819. The fraction of sp³-hybridized carbons (Fsp3) is 0.435. The lowest BCUT2D eigenvalue weighted by Gasteiger charge is -2.39. The smallest absolute Gasteiger partial charge is 0.233 e. The van der Waals surface area contributed by atoms with E-state index in [2.05, 4.69) is 29.2 Å². The van der Waals surface area contributed by atoms with E-state index >= 15 is 0 Å². The van der Waals surface area contributed by atoms with Gasteiger partial charge in [0.05, 0.1) is 5.41 Å². The van der Waals surface area contributed by atoms with Gasteiger partial charge in [0, 0.05) is 32.2 Å². The van der Waals surface area contributed by atoms with Gasteiger partial charge in [-0.15, -0.1) is 0 Å². The Bertz CT molecular complexity index is 860. The number of fused-ring (bicyclic) bond motifs is 1. The van der Waals surface area contributed by atoms with E-state index in [1.54, 1.807) is 0 Å². The highest BCUT2D eigenvalue weighted by molar-refractivity contribution is 5.88. The Hall–Kier alpha value is -2.53. The molecule has 146 valence electrons. The molecule has 5 nitrogen and oxygen atoms in total. The van der Waals surface area contributed by atoms with Gasteiger partial charge in [-0.3, -0.25) is 4.79 Å². The molecular formula is C23H25NO4. The van der Waals surface area contributed by atoms with Gasteiger partial charge in [0.25, 0.3) is 0 Å². The largest absolute Gasteiger partial charge is 0.454 e. The van der Waals surface area contributed by atoms with E-state index in [4.69, 9.17) is 14.2 Å². The molecule has 5 heteroatoms. The van der Waals surface area contributed by atoms with E-state index in [1.165, 1.54) is 5.56 Å². The summed E-state index contributed by atoms with van der Waals surface area (Å²) in [6.45, 7) is 3.12. The fourth-order valence-electron chi connectivity index (χ4n) is 4.79. The highest BCUT2D eigenvalue weighted by Crippen LogP contribution is 2.41. The third-order valence-corrected chi connectivity index (χ3v) is 6.43. The molecule has 28 heavy (non-hydrogen) atoms. The zero-order valence-corrected chi connectivity index (χ0v) is 15.9. The standard InChI is InChI=1S/C23H25NO4/c25-22(23(9-12-26-13-10-23)19-4-2-1-3-5-19)24-11-8-18(15-24)17-6-7-20-21(14-17)28-16-27-20/h1-7,14,18H,8-13,15-16H2. The summed E-state index contributed by atoms with van der Waals surface area (Å²) in [5.74, 6) is 2.21. The van der Waals surface area contributed by atoms with E-state index in [1.807, 2.05) is 24.3 Å². The molecule has 0 spiro atoms. The minimum absolute atomic E-state index is 0.255. The van der Waals surface area contributed by atoms with Crippen molar-refractivity contribution >= 4 is 5.91 Å². The first-order chi connectivity index (χ1) is 13.8. The van der Waals surface area contributed by atoms with Gasteiger partial charge < -0.3 is 19.1 Å². The number of hydrogen-bond acceptors (Lipinski definition) is 4. The molecule has 1 unspecified atom stereocenters. The van der Waals surface area contributed by atoms with Crippen molar-refractivity contribution in [1.82, 2.24) is 4.90 Å². The van der Waals surface area contributed by atoms with E-state index in [9.17, 15) is 4.79 Å². The van der Waals surface area contributed by atoms with Crippen molar-refractivity contribution in [3.05, 3.63) is 59.7 Å². The van der Waals surface area contributed by atoms with E-state index in [0.29, 0.717) is 19.1 Å². The molecule has 1 atom stereocenters. The first-order valence-electron chi connectivity index (χ1n) is 10.1. The van der Waals surface area contributed by atoms with Crippen molar-refractivity contribution in [1.29, 1.82) is 0 Å². The lowest BCUT2D eigenvalue weighted by molar-refractivity contribution is -0.140. The number of carbonyl (C=O) groups excluding carboxylic acids is 1. The number of nitrogens with zero attached hydrogens (tertiary/aromatic N) is 1. The average Bonchev–Trinajstić information content (AvgIpc) is 3.43. The molecule has 3 aliphatic heterocycles. The third kappa shape index (κ3) is 2.94. The molecule has 3 aliphatic rings. The Morgan fingerprint density at radius 3 is 2.61 bits per heavy atom. The summed E-state index contributed by atoms with van der Waals surface area (Å²) in [5, 5.41) is 0. The minimum Gasteiger partial charge on any atom is -0.454 e. The molecule has 2 saturated heterocycles. The summed E-state index contributed by atoms with van der Waals surface area (Å²) in [6.07, 6.45) is 2.48. The van der Waals surface area contributed by atoms with Crippen molar-refractivity contribution < 1.29 is 19.0 Å². The Morgan fingerprint density at radius 1 is 1.00 bits per heavy atom. The molecule has 0 bridgehead atoms. The minimum atomic E-state index is -0.455. The van der Waals surface area contributed by atoms with Gasteiger partial charge >= 0.3 is 0 Å². The van der Waals surface area contributed by atoms with Crippen molar-refractivity contribution in [2.75, 3.05) is 33.1 Å². The van der Waals surface area contributed by atoms with Crippen LogP contribution in [0.2, 0.25) is 0 Å². The van der Waals surface area contributed by atoms with Gasteiger partial charge in [-0.1, -0.05) is 36.4 Å². The number of ether oxygens (including phenoxy) is 3. The maximum absolute atomic E-state index is 13.7. The molecule has 0 saturated carbocycles. The van der Waals surface area contributed by atoms with Crippen molar-refractivity contribution in [3.63, 3.8) is 0 Å². The maximum atomic E-state index is 13.7. The van der Waals surface area contributed by atoms with Gasteiger partial charge in [-0.05, 0) is 42.5 Å². The number of carbonyl (C=O) groups is 1. The molecule has 0 N–H and O–H groups in total. The molecule has 2 aromatic carbocycles. The van der Waals surface area contributed by atoms with Crippen LogP contribution in [0.5, 0.6) is 11.5 Å². The maximum Gasteiger partial charge on any atom is 0.233 e. The average molecular weight is 379 g/mol. The second kappa shape index (κ2) is 7.13. The number of amides is 1. The van der Waals surface area contributed by atoms with Gasteiger partial charge in [0.15, 0.2) is 11.5 Å². The molecule has 2 fully saturated rings. The number of benzene rings is 2. The molecule has 5 rings (SSSR count). The molecule has 3 heterocycles. The molecule has 0 radical (unpaired) electrons. The monoisotopic (exact) mass is 379 g/mol. The SMILES string of the molecule is O=C(N1CCC(c2ccc3c(c2)OCO3)C1)C1(c2ccccc2)CCOCC1. The number of likely N-dealkylation sites (tertiary alicyclic amines) is 1. The second-order valence-corrected chi connectivity index (χ2v) is 7.91. The zero-order chi connectivity index (χ0) is 19.0. The lowest BCUT2D eigenvalue weighted by Crippen LogP contribution is -2.49. The van der Waals surface area contributed by atoms with Crippen LogP contribution in [-0.2, 0) is 14.9 Å². The summed E-state index contributed by atoms with van der Waals surface area (Å²) in [7, 11) is 0. The van der Waals surface area contributed by atoms with Crippen LogP contribution >= 0.6 is 0 Å². The topological polar surface area (TPSA) is 48.0 Å². The predicted molar refractivity (Wildman–Crippen MR) is 105 cm³/mol. The highest BCUT2D eigenvalue weighted by Gasteiger charge is 2.45. The summed E-state index contributed by atoms with van der Waals surface area (Å²) >= 11 is 0. The van der Waals surface area contributed by atoms with Crippen molar-refractivity contribution in [2.24, 2.45) is 0 Å². The normalized spacial score (nSPS) is 23.0. The van der Waals surface area contributed by atoms with Crippen molar-refractivity contribution in [3.8, 4) is 11.5 Å². The van der Waals surface area contributed by atoms with Crippen LogP contribution in [0.4, 0.5) is 0 Å². The van der Waals surface area contributed by atoms with Crippen LogP contribution in [0, 0.1) is 0 Å².